The van der Waals surface area contributed by atoms with Crippen LogP contribution in [0.3, 0.4) is 0 Å². The van der Waals surface area contributed by atoms with Crippen molar-refractivity contribution in [2.24, 2.45) is 0 Å². The molecule has 2 rings (SSSR count). The lowest BCUT2D eigenvalue weighted by atomic mass is 10.2. The second-order valence-corrected chi connectivity index (χ2v) is 5.55. The smallest absolute Gasteiger partial charge is 0.343 e. The number of rotatable bonds is 5. The monoisotopic (exact) mass is 317 g/mol. The van der Waals surface area contributed by atoms with Crippen molar-refractivity contribution in [1.82, 2.24) is 9.97 Å². The van der Waals surface area contributed by atoms with E-state index < -0.39 is 17.9 Å². The van der Waals surface area contributed by atoms with Gasteiger partial charge in [0, 0.05) is 25.1 Å². The van der Waals surface area contributed by atoms with E-state index in [4.69, 9.17) is 4.74 Å². The van der Waals surface area contributed by atoms with E-state index in [-0.39, 0.29) is 30.8 Å². The van der Waals surface area contributed by atoms with Gasteiger partial charge in [-0.1, -0.05) is 11.8 Å². The van der Waals surface area contributed by atoms with Gasteiger partial charge in [-0.2, -0.15) is 0 Å². The van der Waals surface area contributed by atoms with Crippen molar-refractivity contribution in [2.45, 2.75) is 43.3 Å². The zero-order chi connectivity index (χ0) is 15.5. The first kappa shape index (κ1) is 15.9. The van der Waals surface area contributed by atoms with E-state index in [2.05, 4.69) is 15.3 Å². The standard InChI is InChI=1S/C13H17F2N3O2S/c1-3-20-11(19)9-7-16-12(21-2)18-10(9)17-8-4-5-13(14,15)6-8/h7-8H,3-6H2,1-2H3,(H,16,17,18). The number of esters is 1. The van der Waals surface area contributed by atoms with Crippen LogP contribution in [0.1, 0.15) is 36.5 Å². The molecule has 1 aromatic rings. The van der Waals surface area contributed by atoms with Gasteiger partial charge in [0.15, 0.2) is 5.16 Å². The Bertz CT molecular complexity index is 528. The van der Waals surface area contributed by atoms with E-state index in [1.807, 2.05) is 0 Å². The third-order valence-corrected chi connectivity index (χ3v) is 3.75. The van der Waals surface area contributed by atoms with Crippen LogP contribution in [0.5, 0.6) is 0 Å². The van der Waals surface area contributed by atoms with Crippen LogP contribution in [0.15, 0.2) is 11.4 Å². The van der Waals surface area contributed by atoms with Crippen LogP contribution in [0, 0.1) is 0 Å². The topological polar surface area (TPSA) is 64.1 Å². The highest BCUT2D eigenvalue weighted by Gasteiger charge is 2.39. The highest BCUT2D eigenvalue weighted by atomic mass is 32.2. The molecule has 21 heavy (non-hydrogen) atoms. The second-order valence-electron chi connectivity index (χ2n) is 4.78. The Morgan fingerprint density at radius 3 is 2.95 bits per heavy atom. The number of carbonyl (C=O) groups is 1. The third-order valence-electron chi connectivity index (χ3n) is 3.19. The fourth-order valence-electron chi connectivity index (χ4n) is 2.20. The quantitative estimate of drug-likeness (QED) is 0.512. The van der Waals surface area contributed by atoms with E-state index in [0.717, 1.165) is 0 Å². The van der Waals surface area contributed by atoms with Crippen molar-refractivity contribution in [2.75, 3.05) is 18.2 Å². The van der Waals surface area contributed by atoms with Gasteiger partial charge in [0.25, 0.3) is 0 Å². The van der Waals surface area contributed by atoms with Crippen LogP contribution in [-0.4, -0.2) is 40.8 Å². The Hall–Kier alpha value is -1.44. The molecule has 0 saturated heterocycles. The van der Waals surface area contributed by atoms with E-state index in [9.17, 15) is 13.6 Å². The van der Waals surface area contributed by atoms with E-state index in [1.165, 1.54) is 18.0 Å². The first-order valence-corrected chi connectivity index (χ1v) is 7.90. The normalized spacial score (nSPS) is 20.3. The molecule has 0 aromatic carbocycles. The Balaban J connectivity index is 2.21. The summed E-state index contributed by atoms with van der Waals surface area (Å²) >= 11 is 1.31. The minimum absolute atomic E-state index is 0.153. The summed E-state index contributed by atoms with van der Waals surface area (Å²) in [5.41, 5.74) is 0.171. The molecule has 0 amide bonds. The predicted octanol–water partition coefficient (Wildman–Crippen LogP) is 2.97. The summed E-state index contributed by atoms with van der Waals surface area (Å²) in [6.45, 7) is 1.92. The van der Waals surface area contributed by atoms with Gasteiger partial charge >= 0.3 is 5.97 Å². The number of hydrogen-bond acceptors (Lipinski definition) is 6. The van der Waals surface area contributed by atoms with E-state index in [0.29, 0.717) is 11.6 Å². The maximum Gasteiger partial charge on any atom is 0.343 e. The van der Waals surface area contributed by atoms with Crippen LogP contribution >= 0.6 is 11.8 Å². The third kappa shape index (κ3) is 4.03. The van der Waals surface area contributed by atoms with Gasteiger partial charge in [0.1, 0.15) is 11.4 Å². The Labute approximate surface area is 125 Å². The molecule has 1 saturated carbocycles. The molecule has 1 aliphatic carbocycles. The molecule has 5 nitrogen and oxygen atoms in total. The maximum absolute atomic E-state index is 13.3. The summed E-state index contributed by atoms with van der Waals surface area (Å²) in [6.07, 6.45) is 3.10. The fraction of sp³-hybridized carbons (Fsp3) is 0.615. The minimum atomic E-state index is -2.66. The van der Waals surface area contributed by atoms with Crippen LogP contribution in [0.4, 0.5) is 14.6 Å². The van der Waals surface area contributed by atoms with Crippen molar-refractivity contribution in [3.63, 3.8) is 0 Å². The maximum atomic E-state index is 13.3. The summed E-state index contributed by atoms with van der Waals surface area (Å²) in [5.74, 6) is -2.95. The Morgan fingerprint density at radius 2 is 2.38 bits per heavy atom. The number of halogens is 2. The SMILES string of the molecule is CCOC(=O)c1cnc(SC)nc1NC1CCC(F)(F)C1. The predicted molar refractivity (Wildman–Crippen MR) is 76.0 cm³/mol. The fourth-order valence-corrected chi connectivity index (χ4v) is 2.54. The van der Waals surface area contributed by atoms with Gasteiger partial charge in [0.2, 0.25) is 5.92 Å². The van der Waals surface area contributed by atoms with Gasteiger partial charge in [-0.05, 0) is 19.6 Å². The number of ether oxygens (including phenoxy) is 1. The van der Waals surface area contributed by atoms with Gasteiger partial charge in [-0.25, -0.2) is 23.5 Å². The average Bonchev–Trinajstić information content (AvgIpc) is 2.78. The van der Waals surface area contributed by atoms with Crippen LogP contribution in [0.2, 0.25) is 0 Å². The molecule has 0 aliphatic heterocycles. The minimum Gasteiger partial charge on any atom is -0.462 e. The number of anilines is 1. The van der Waals surface area contributed by atoms with Gasteiger partial charge < -0.3 is 10.1 Å². The molecule has 1 heterocycles. The highest BCUT2D eigenvalue weighted by molar-refractivity contribution is 7.98. The number of thioether (sulfide) groups is 1. The van der Waals surface area contributed by atoms with Crippen LogP contribution in [0.25, 0.3) is 0 Å². The van der Waals surface area contributed by atoms with Crippen molar-refractivity contribution >= 4 is 23.5 Å². The summed E-state index contributed by atoms with van der Waals surface area (Å²) in [4.78, 5) is 20.1. The Kier molecular flexibility index (Phi) is 4.97. The van der Waals surface area contributed by atoms with Gasteiger partial charge in [-0.3, -0.25) is 0 Å². The second kappa shape index (κ2) is 6.55. The molecule has 1 fully saturated rings. The van der Waals surface area contributed by atoms with Crippen LogP contribution < -0.4 is 5.32 Å². The molecule has 0 bridgehead atoms. The first-order chi connectivity index (χ1) is 9.95. The number of nitrogens with one attached hydrogen (secondary N) is 1. The first-order valence-electron chi connectivity index (χ1n) is 6.67. The molecule has 0 radical (unpaired) electrons. The molecule has 1 N–H and O–H groups in total. The van der Waals surface area contributed by atoms with Crippen molar-refractivity contribution in [1.29, 1.82) is 0 Å². The Morgan fingerprint density at radius 1 is 1.62 bits per heavy atom. The summed E-state index contributed by atoms with van der Waals surface area (Å²) in [5, 5.41) is 3.40. The summed E-state index contributed by atoms with van der Waals surface area (Å²) in [7, 11) is 0. The zero-order valence-electron chi connectivity index (χ0n) is 11.9. The molecule has 1 aromatic heterocycles. The molecule has 1 atom stereocenters. The van der Waals surface area contributed by atoms with Gasteiger partial charge in [0.05, 0.1) is 6.61 Å². The molecule has 1 unspecified atom stereocenters. The summed E-state index contributed by atoms with van der Waals surface area (Å²) < 4.78 is 31.4. The van der Waals surface area contributed by atoms with E-state index in [1.54, 1.807) is 13.2 Å². The van der Waals surface area contributed by atoms with E-state index >= 15 is 0 Å². The molecular weight excluding hydrogens is 300 g/mol. The number of alkyl halides is 2. The van der Waals surface area contributed by atoms with Crippen molar-refractivity contribution < 1.29 is 18.3 Å². The number of carbonyl (C=O) groups excluding carboxylic acids is 1. The number of hydrogen-bond donors (Lipinski definition) is 1. The lowest BCUT2D eigenvalue weighted by molar-refractivity contribution is 0.00851. The average molecular weight is 317 g/mol. The lowest BCUT2D eigenvalue weighted by Crippen LogP contribution is -2.22. The molecule has 116 valence electrons. The molecule has 0 spiro atoms. The van der Waals surface area contributed by atoms with Gasteiger partial charge in [-0.15, -0.1) is 0 Å². The zero-order valence-corrected chi connectivity index (χ0v) is 12.7. The summed E-state index contributed by atoms with van der Waals surface area (Å²) in [6, 6.07) is -0.405. The number of aromatic nitrogens is 2. The highest BCUT2D eigenvalue weighted by Crippen LogP contribution is 2.36. The lowest BCUT2D eigenvalue weighted by Gasteiger charge is -2.16. The van der Waals surface area contributed by atoms with Crippen LogP contribution in [-0.2, 0) is 4.74 Å². The molecule has 8 heteroatoms. The number of nitrogens with zero attached hydrogens (tertiary/aromatic N) is 2. The largest absolute Gasteiger partial charge is 0.462 e. The molecule has 1 aliphatic rings. The van der Waals surface area contributed by atoms with Crippen molar-refractivity contribution in [3.05, 3.63) is 11.8 Å². The van der Waals surface area contributed by atoms with Crippen molar-refractivity contribution in [3.8, 4) is 0 Å². The molecular formula is C13H17F2N3O2S.